The number of alkyl halides is 1. The number of hydrogen-bond acceptors (Lipinski definition) is 2. The van der Waals surface area contributed by atoms with Crippen molar-refractivity contribution in [2.75, 3.05) is 5.88 Å². The molecule has 6 heavy (non-hydrogen) atoms. The van der Waals surface area contributed by atoms with Gasteiger partial charge in [0.05, 0.1) is 9.47 Å². The van der Waals surface area contributed by atoms with Crippen molar-refractivity contribution in [1.29, 1.82) is 0 Å². The van der Waals surface area contributed by atoms with Crippen LogP contribution in [-0.2, 0) is 9.32 Å². The number of carbonyl (C=O) groups is 1. The summed E-state index contributed by atoms with van der Waals surface area (Å²) in [5, 5.41) is 0. The molecule has 1 atom stereocenters. The Hall–Kier alpha value is 0.190. The standard InChI is InChI=1S/C2H4ClO2P/c3-1-2(4)5-6/h1,6H2. The Morgan fingerprint density at radius 1 is 2.00 bits per heavy atom. The van der Waals surface area contributed by atoms with Crippen molar-refractivity contribution < 1.29 is 9.32 Å². The summed E-state index contributed by atoms with van der Waals surface area (Å²) in [4.78, 5) is 9.81. The molecule has 0 rings (SSSR count). The summed E-state index contributed by atoms with van der Waals surface area (Å²) in [5.41, 5.74) is 0. The number of hydrogen-bond donors (Lipinski definition) is 0. The fraction of sp³-hybridized carbons (Fsp3) is 0.500. The molecular formula is C2H4ClO2P. The molecule has 0 aliphatic rings. The largest absolute Gasteiger partial charge is 0.451 e. The van der Waals surface area contributed by atoms with E-state index in [4.69, 9.17) is 11.6 Å². The highest BCUT2D eigenvalue weighted by Crippen LogP contribution is 1.87. The van der Waals surface area contributed by atoms with Crippen molar-refractivity contribution in [3.8, 4) is 0 Å². The Morgan fingerprint density at radius 3 is 2.50 bits per heavy atom. The van der Waals surface area contributed by atoms with Gasteiger partial charge in [-0.2, -0.15) is 0 Å². The lowest BCUT2D eigenvalue weighted by atomic mass is 10.8. The molecule has 36 valence electrons. The molecule has 0 aromatic rings. The van der Waals surface area contributed by atoms with E-state index in [9.17, 15) is 4.79 Å². The van der Waals surface area contributed by atoms with E-state index in [2.05, 4.69) is 4.52 Å². The van der Waals surface area contributed by atoms with Gasteiger partial charge in [0.1, 0.15) is 5.88 Å². The fourth-order valence-corrected chi connectivity index (χ4v) is 0.283. The van der Waals surface area contributed by atoms with Crippen LogP contribution >= 0.6 is 21.1 Å². The summed E-state index contributed by atoms with van der Waals surface area (Å²) in [5.74, 6) is -0.509. The predicted molar refractivity (Wildman–Crippen MR) is 26.5 cm³/mol. The van der Waals surface area contributed by atoms with Crippen molar-refractivity contribution in [1.82, 2.24) is 0 Å². The zero-order chi connectivity index (χ0) is 4.99. The van der Waals surface area contributed by atoms with Crippen molar-refractivity contribution in [2.45, 2.75) is 0 Å². The van der Waals surface area contributed by atoms with E-state index in [0.29, 0.717) is 0 Å². The lowest BCUT2D eigenvalue weighted by Gasteiger charge is -1.85. The fourth-order valence-electron chi connectivity index (χ4n) is 0.0315. The molecule has 0 N–H and O–H groups in total. The highest BCUT2D eigenvalue weighted by Gasteiger charge is 1.90. The molecule has 0 aliphatic heterocycles. The minimum Gasteiger partial charge on any atom is -0.451 e. The Bertz CT molecular complexity index is 49.5. The van der Waals surface area contributed by atoms with Gasteiger partial charge in [-0.15, -0.1) is 11.6 Å². The molecule has 0 aromatic carbocycles. The molecule has 0 bridgehead atoms. The van der Waals surface area contributed by atoms with Gasteiger partial charge >= 0.3 is 5.97 Å². The average molecular weight is 126 g/mol. The second-order valence-corrected chi connectivity index (χ2v) is 1.13. The maximum atomic E-state index is 9.81. The highest BCUT2D eigenvalue weighted by atomic mass is 35.5. The second-order valence-electron chi connectivity index (χ2n) is 0.623. The monoisotopic (exact) mass is 126 g/mol. The van der Waals surface area contributed by atoms with Gasteiger partial charge in [0.15, 0.2) is 0 Å². The van der Waals surface area contributed by atoms with Crippen LogP contribution in [0.2, 0.25) is 0 Å². The Kier molecular flexibility index (Phi) is 3.49. The van der Waals surface area contributed by atoms with Crippen molar-refractivity contribution in [3.05, 3.63) is 0 Å². The molecule has 0 amide bonds. The van der Waals surface area contributed by atoms with Crippen LogP contribution in [0.5, 0.6) is 0 Å². The van der Waals surface area contributed by atoms with Crippen LogP contribution in [0.25, 0.3) is 0 Å². The van der Waals surface area contributed by atoms with Gasteiger partial charge in [-0.3, -0.25) is 4.79 Å². The number of carbonyl (C=O) groups excluding carboxylic acids is 1. The second kappa shape index (κ2) is 3.38. The van der Waals surface area contributed by atoms with Crippen molar-refractivity contribution in [3.63, 3.8) is 0 Å². The minimum atomic E-state index is -0.429. The molecule has 1 unspecified atom stereocenters. The Morgan fingerprint density at radius 2 is 2.50 bits per heavy atom. The third-order valence-corrected chi connectivity index (χ3v) is 0.722. The topological polar surface area (TPSA) is 26.3 Å². The molecule has 0 radical (unpaired) electrons. The first kappa shape index (κ1) is 6.19. The molecule has 0 aliphatic carbocycles. The smallest absolute Gasteiger partial charge is 0.323 e. The lowest BCUT2D eigenvalue weighted by Crippen LogP contribution is -1.95. The van der Waals surface area contributed by atoms with Crippen molar-refractivity contribution >= 4 is 27.0 Å². The van der Waals surface area contributed by atoms with E-state index >= 15 is 0 Å². The SMILES string of the molecule is O=C(CCl)OP. The van der Waals surface area contributed by atoms with Gasteiger partial charge in [-0.1, -0.05) is 0 Å². The first-order valence-electron chi connectivity index (χ1n) is 1.26. The molecule has 0 saturated carbocycles. The van der Waals surface area contributed by atoms with E-state index in [1.807, 2.05) is 0 Å². The minimum absolute atomic E-state index is 0.0799. The van der Waals surface area contributed by atoms with Gasteiger partial charge in [-0.05, 0) is 0 Å². The molecule has 2 nitrogen and oxygen atoms in total. The maximum absolute atomic E-state index is 9.81. The zero-order valence-corrected chi connectivity index (χ0v) is 4.89. The van der Waals surface area contributed by atoms with Gasteiger partial charge in [-0.25, -0.2) is 0 Å². The van der Waals surface area contributed by atoms with Crippen LogP contribution in [0.1, 0.15) is 0 Å². The molecular weight excluding hydrogens is 122 g/mol. The molecule has 0 spiro atoms. The Labute approximate surface area is 43.1 Å². The lowest BCUT2D eigenvalue weighted by molar-refractivity contribution is -0.130. The van der Waals surface area contributed by atoms with E-state index in [1.165, 1.54) is 0 Å². The van der Waals surface area contributed by atoms with Crippen LogP contribution < -0.4 is 0 Å². The van der Waals surface area contributed by atoms with Crippen LogP contribution in [-0.4, -0.2) is 11.8 Å². The quantitative estimate of drug-likeness (QED) is 0.379. The summed E-state index contributed by atoms with van der Waals surface area (Å²) in [6.45, 7) is 0. The predicted octanol–water partition coefficient (Wildman–Crippen LogP) is 0.558. The summed E-state index contributed by atoms with van der Waals surface area (Å²) in [6.07, 6.45) is 0. The van der Waals surface area contributed by atoms with Crippen LogP contribution in [0.15, 0.2) is 0 Å². The highest BCUT2D eigenvalue weighted by molar-refractivity contribution is 7.10. The van der Waals surface area contributed by atoms with E-state index in [1.54, 1.807) is 9.47 Å². The third kappa shape index (κ3) is 2.43. The molecule has 4 heteroatoms. The molecule has 0 heterocycles. The van der Waals surface area contributed by atoms with E-state index < -0.39 is 5.97 Å². The molecule has 0 fully saturated rings. The van der Waals surface area contributed by atoms with Gasteiger partial charge < -0.3 is 4.52 Å². The van der Waals surface area contributed by atoms with E-state index in [0.717, 1.165) is 0 Å². The summed E-state index contributed by atoms with van der Waals surface area (Å²) in [6, 6.07) is 0. The summed E-state index contributed by atoms with van der Waals surface area (Å²) >= 11 is 4.96. The molecule has 0 saturated heterocycles. The van der Waals surface area contributed by atoms with Crippen LogP contribution in [0.4, 0.5) is 0 Å². The van der Waals surface area contributed by atoms with Gasteiger partial charge in [0.2, 0.25) is 0 Å². The third-order valence-electron chi connectivity index (χ3n) is 0.241. The van der Waals surface area contributed by atoms with Crippen molar-refractivity contribution in [2.24, 2.45) is 0 Å². The van der Waals surface area contributed by atoms with Gasteiger partial charge in [0.25, 0.3) is 0 Å². The number of rotatable bonds is 1. The molecule has 0 aromatic heterocycles. The first-order chi connectivity index (χ1) is 2.81. The Balaban J connectivity index is 2.99. The van der Waals surface area contributed by atoms with E-state index in [-0.39, 0.29) is 5.88 Å². The number of halogens is 1. The first-order valence-corrected chi connectivity index (χ1v) is 2.27. The summed E-state index contributed by atoms with van der Waals surface area (Å²) in [7, 11) is 1.81. The summed E-state index contributed by atoms with van der Waals surface area (Å²) < 4.78 is 4.05. The zero-order valence-electron chi connectivity index (χ0n) is 2.98. The van der Waals surface area contributed by atoms with Crippen LogP contribution in [0, 0.1) is 0 Å². The van der Waals surface area contributed by atoms with Gasteiger partial charge in [0, 0.05) is 0 Å². The average Bonchev–Trinajstić information content (AvgIpc) is 1.65. The maximum Gasteiger partial charge on any atom is 0.323 e. The normalized spacial score (nSPS) is 7.67. The van der Waals surface area contributed by atoms with Crippen LogP contribution in [0.3, 0.4) is 0 Å².